The van der Waals surface area contributed by atoms with Gasteiger partial charge in [-0.1, -0.05) is 0 Å². The number of carbonyl (C=O) groups is 1. The number of hydrogen-bond acceptors (Lipinski definition) is 5. The van der Waals surface area contributed by atoms with E-state index < -0.39 is 17.6 Å². The molecule has 1 heterocycles. The zero-order valence-corrected chi connectivity index (χ0v) is 11.1. The molecule has 0 radical (unpaired) electrons. The first-order chi connectivity index (χ1) is 10.0. The molecular formula is C14H12F2N2O3. The lowest BCUT2D eigenvalue weighted by molar-refractivity contribution is 0.0527. The van der Waals surface area contributed by atoms with Crippen molar-refractivity contribution in [2.45, 2.75) is 6.92 Å². The number of benzene rings is 1. The van der Waals surface area contributed by atoms with Gasteiger partial charge in [0.25, 0.3) is 0 Å². The normalized spacial score (nSPS) is 10.2. The van der Waals surface area contributed by atoms with E-state index in [-0.39, 0.29) is 29.5 Å². The standard InChI is InChI=1S/C14H12F2N2O3/c1-2-20-14(19)9-5-6-18-13(12(9)17)21-11-7-8(15)3-4-10(11)16/h3-7H,2,17H2,1H3. The molecule has 2 aromatic rings. The maximum Gasteiger partial charge on any atom is 0.340 e. The lowest BCUT2D eigenvalue weighted by Crippen LogP contribution is -2.09. The van der Waals surface area contributed by atoms with E-state index in [0.717, 1.165) is 18.2 Å². The predicted molar refractivity (Wildman–Crippen MR) is 71.0 cm³/mol. The predicted octanol–water partition coefficient (Wildman–Crippen LogP) is 2.91. The average molecular weight is 294 g/mol. The van der Waals surface area contributed by atoms with Crippen LogP contribution in [0.25, 0.3) is 0 Å². The van der Waals surface area contributed by atoms with Crippen LogP contribution in [0.15, 0.2) is 30.5 Å². The number of carbonyl (C=O) groups excluding carboxylic acids is 1. The van der Waals surface area contributed by atoms with E-state index in [2.05, 4.69) is 4.98 Å². The Morgan fingerprint density at radius 1 is 1.33 bits per heavy atom. The van der Waals surface area contributed by atoms with Crippen LogP contribution in [0, 0.1) is 11.6 Å². The summed E-state index contributed by atoms with van der Waals surface area (Å²) in [5.74, 6) is -2.69. The monoisotopic (exact) mass is 294 g/mol. The number of nitrogens with zero attached hydrogens (tertiary/aromatic N) is 1. The SMILES string of the molecule is CCOC(=O)c1ccnc(Oc2cc(F)ccc2F)c1N. The van der Waals surface area contributed by atoms with Gasteiger partial charge in [0.15, 0.2) is 11.6 Å². The Morgan fingerprint density at radius 2 is 2.10 bits per heavy atom. The molecule has 0 atom stereocenters. The summed E-state index contributed by atoms with van der Waals surface area (Å²) in [6.45, 7) is 1.82. The lowest BCUT2D eigenvalue weighted by atomic mass is 10.2. The first-order valence-corrected chi connectivity index (χ1v) is 6.07. The van der Waals surface area contributed by atoms with Crippen molar-refractivity contribution in [3.63, 3.8) is 0 Å². The van der Waals surface area contributed by atoms with Gasteiger partial charge >= 0.3 is 5.97 Å². The summed E-state index contributed by atoms with van der Waals surface area (Å²) in [4.78, 5) is 15.5. The second-order valence-electron chi connectivity index (χ2n) is 3.97. The van der Waals surface area contributed by atoms with E-state index in [9.17, 15) is 13.6 Å². The van der Waals surface area contributed by atoms with Gasteiger partial charge in [0.1, 0.15) is 11.5 Å². The summed E-state index contributed by atoms with van der Waals surface area (Å²) in [5, 5.41) is 0. The third-order valence-electron chi connectivity index (χ3n) is 2.55. The topological polar surface area (TPSA) is 74.4 Å². The van der Waals surface area contributed by atoms with Crippen LogP contribution in [0.5, 0.6) is 11.6 Å². The number of nitrogen functional groups attached to an aromatic ring is 1. The second-order valence-corrected chi connectivity index (χ2v) is 3.97. The highest BCUT2D eigenvalue weighted by molar-refractivity contribution is 5.96. The van der Waals surface area contributed by atoms with Gasteiger partial charge in [0.05, 0.1) is 12.2 Å². The fourth-order valence-electron chi connectivity index (χ4n) is 1.58. The van der Waals surface area contributed by atoms with Crippen LogP contribution in [0.2, 0.25) is 0 Å². The quantitative estimate of drug-likeness (QED) is 0.878. The zero-order valence-electron chi connectivity index (χ0n) is 11.1. The third-order valence-corrected chi connectivity index (χ3v) is 2.55. The van der Waals surface area contributed by atoms with Crippen LogP contribution in [-0.2, 0) is 4.74 Å². The van der Waals surface area contributed by atoms with E-state index in [1.807, 2.05) is 0 Å². The Labute approximate surface area is 119 Å². The minimum absolute atomic E-state index is 0.0404. The van der Waals surface area contributed by atoms with Gasteiger partial charge in [-0.05, 0) is 25.1 Å². The number of hydrogen-bond donors (Lipinski definition) is 1. The molecule has 5 nitrogen and oxygen atoms in total. The van der Waals surface area contributed by atoms with Crippen molar-refractivity contribution in [3.8, 4) is 11.6 Å². The van der Waals surface area contributed by atoms with Crippen molar-refractivity contribution in [3.05, 3.63) is 47.7 Å². The van der Waals surface area contributed by atoms with E-state index in [1.54, 1.807) is 6.92 Å². The molecule has 0 fully saturated rings. The van der Waals surface area contributed by atoms with Crippen LogP contribution >= 0.6 is 0 Å². The summed E-state index contributed by atoms with van der Waals surface area (Å²) in [6.07, 6.45) is 1.26. The molecule has 21 heavy (non-hydrogen) atoms. The van der Waals surface area contributed by atoms with Crippen molar-refractivity contribution < 1.29 is 23.0 Å². The van der Waals surface area contributed by atoms with Crippen molar-refractivity contribution in [1.82, 2.24) is 4.98 Å². The number of nitrogens with two attached hydrogens (primary N) is 1. The molecule has 0 spiro atoms. The van der Waals surface area contributed by atoms with Crippen molar-refractivity contribution in [2.24, 2.45) is 0 Å². The van der Waals surface area contributed by atoms with Crippen molar-refractivity contribution in [2.75, 3.05) is 12.3 Å². The number of ether oxygens (including phenoxy) is 2. The molecule has 0 aliphatic carbocycles. The van der Waals surface area contributed by atoms with Crippen molar-refractivity contribution in [1.29, 1.82) is 0 Å². The first-order valence-electron chi connectivity index (χ1n) is 6.07. The highest BCUT2D eigenvalue weighted by Gasteiger charge is 2.17. The Kier molecular flexibility index (Phi) is 4.32. The van der Waals surface area contributed by atoms with Gasteiger partial charge in [-0.15, -0.1) is 0 Å². The molecular weight excluding hydrogens is 282 g/mol. The Bertz CT molecular complexity index is 677. The van der Waals surface area contributed by atoms with Gasteiger partial charge in [0, 0.05) is 12.3 Å². The number of halogens is 2. The zero-order chi connectivity index (χ0) is 15.4. The molecule has 0 aliphatic rings. The smallest absolute Gasteiger partial charge is 0.340 e. The Hall–Kier alpha value is -2.70. The van der Waals surface area contributed by atoms with Crippen LogP contribution in [-0.4, -0.2) is 17.6 Å². The summed E-state index contributed by atoms with van der Waals surface area (Å²) in [6, 6.07) is 4.07. The van der Waals surface area contributed by atoms with Gasteiger partial charge in [-0.2, -0.15) is 0 Å². The van der Waals surface area contributed by atoms with Gasteiger partial charge in [-0.3, -0.25) is 0 Å². The largest absolute Gasteiger partial charge is 0.462 e. The second kappa shape index (κ2) is 6.17. The number of esters is 1. The summed E-state index contributed by atoms with van der Waals surface area (Å²) in [5.41, 5.74) is 5.67. The van der Waals surface area contributed by atoms with Crippen LogP contribution in [0.4, 0.5) is 14.5 Å². The van der Waals surface area contributed by atoms with Gasteiger partial charge in [-0.25, -0.2) is 18.6 Å². The van der Waals surface area contributed by atoms with Crippen LogP contribution < -0.4 is 10.5 Å². The number of rotatable bonds is 4. The number of pyridine rings is 1. The molecule has 7 heteroatoms. The lowest BCUT2D eigenvalue weighted by Gasteiger charge is -2.10. The molecule has 0 amide bonds. The summed E-state index contributed by atoms with van der Waals surface area (Å²) < 4.78 is 36.6. The molecule has 2 rings (SSSR count). The van der Waals surface area contributed by atoms with E-state index in [0.29, 0.717) is 0 Å². The average Bonchev–Trinajstić information content (AvgIpc) is 2.45. The Balaban J connectivity index is 2.35. The molecule has 0 saturated carbocycles. The third kappa shape index (κ3) is 3.25. The summed E-state index contributed by atoms with van der Waals surface area (Å²) >= 11 is 0. The maximum atomic E-state index is 13.5. The van der Waals surface area contributed by atoms with E-state index >= 15 is 0 Å². The highest BCUT2D eigenvalue weighted by atomic mass is 19.1. The summed E-state index contributed by atoms with van der Waals surface area (Å²) in [7, 11) is 0. The fraction of sp³-hybridized carbons (Fsp3) is 0.143. The van der Waals surface area contributed by atoms with Gasteiger partial charge < -0.3 is 15.2 Å². The molecule has 0 bridgehead atoms. The van der Waals surface area contributed by atoms with Crippen LogP contribution in [0.1, 0.15) is 17.3 Å². The fourth-order valence-corrected chi connectivity index (χ4v) is 1.58. The van der Waals surface area contributed by atoms with E-state index in [1.165, 1.54) is 12.3 Å². The maximum absolute atomic E-state index is 13.5. The highest BCUT2D eigenvalue weighted by Crippen LogP contribution is 2.30. The first kappa shape index (κ1) is 14.7. The number of anilines is 1. The molecule has 0 unspecified atom stereocenters. The number of aromatic nitrogens is 1. The molecule has 0 aliphatic heterocycles. The van der Waals surface area contributed by atoms with Crippen LogP contribution in [0.3, 0.4) is 0 Å². The molecule has 2 N–H and O–H groups in total. The van der Waals surface area contributed by atoms with E-state index in [4.69, 9.17) is 15.2 Å². The molecule has 110 valence electrons. The minimum atomic E-state index is -0.779. The molecule has 1 aromatic heterocycles. The molecule has 0 saturated heterocycles. The minimum Gasteiger partial charge on any atom is -0.462 e. The Morgan fingerprint density at radius 3 is 2.81 bits per heavy atom. The molecule has 1 aromatic carbocycles. The van der Waals surface area contributed by atoms with Crippen molar-refractivity contribution >= 4 is 11.7 Å². The van der Waals surface area contributed by atoms with Gasteiger partial charge in [0.2, 0.25) is 5.88 Å².